The topological polar surface area (TPSA) is 61.8 Å². The maximum absolute atomic E-state index is 12.5. The summed E-state index contributed by atoms with van der Waals surface area (Å²) in [5.41, 5.74) is 0. The summed E-state index contributed by atoms with van der Waals surface area (Å²) in [7, 11) is 0. The first kappa shape index (κ1) is 47.6. The number of rotatable bonds is 37. The van der Waals surface area contributed by atoms with Gasteiger partial charge in [0.1, 0.15) is 6.61 Å². The molecule has 0 fully saturated rings. The van der Waals surface area contributed by atoms with Gasteiger partial charge >= 0.3 is 11.9 Å². The van der Waals surface area contributed by atoms with Crippen molar-refractivity contribution in [2.24, 2.45) is 0 Å². The molecule has 0 aliphatic carbocycles. The van der Waals surface area contributed by atoms with Gasteiger partial charge in [0.25, 0.3) is 0 Å². The average Bonchev–Trinajstić information content (AvgIpc) is 3.11. The SMILES string of the molecule is CC/C=C\C/C=C\C/C=C\C/C=C\C/C=C\CCCCCC(=O)OCC(COCCCCCCCCCCCC)OC(=O)CCCCCCC. The van der Waals surface area contributed by atoms with E-state index in [9.17, 15) is 9.59 Å². The van der Waals surface area contributed by atoms with Gasteiger partial charge in [0.05, 0.1) is 6.61 Å². The second kappa shape index (κ2) is 41.0. The molecular formula is C45H78O5. The van der Waals surface area contributed by atoms with Gasteiger partial charge in [0.15, 0.2) is 6.10 Å². The largest absolute Gasteiger partial charge is 0.462 e. The van der Waals surface area contributed by atoms with Gasteiger partial charge in [-0.2, -0.15) is 0 Å². The van der Waals surface area contributed by atoms with Gasteiger partial charge in [-0.05, 0) is 64.2 Å². The van der Waals surface area contributed by atoms with Crippen LogP contribution in [0.1, 0.15) is 188 Å². The fraction of sp³-hybridized carbons (Fsp3) is 0.733. The molecule has 0 bridgehead atoms. The number of unbranched alkanes of at least 4 members (excludes halogenated alkanes) is 16. The molecule has 288 valence electrons. The Morgan fingerprint density at radius 2 is 0.900 bits per heavy atom. The zero-order chi connectivity index (χ0) is 36.4. The van der Waals surface area contributed by atoms with Crippen molar-refractivity contribution >= 4 is 11.9 Å². The molecular weight excluding hydrogens is 620 g/mol. The van der Waals surface area contributed by atoms with E-state index in [0.717, 1.165) is 89.9 Å². The Labute approximate surface area is 309 Å². The Bertz CT molecular complexity index is 884. The smallest absolute Gasteiger partial charge is 0.306 e. The molecule has 0 aliphatic rings. The van der Waals surface area contributed by atoms with Gasteiger partial charge in [-0.25, -0.2) is 0 Å². The number of ether oxygens (including phenoxy) is 3. The molecule has 0 aromatic carbocycles. The molecule has 5 heteroatoms. The van der Waals surface area contributed by atoms with Crippen molar-refractivity contribution in [2.75, 3.05) is 19.8 Å². The van der Waals surface area contributed by atoms with Crippen molar-refractivity contribution in [3.05, 3.63) is 60.8 Å². The molecule has 0 N–H and O–H groups in total. The normalized spacial score (nSPS) is 12.8. The molecule has 5 nitrogen and oxygen atoms in total. The van der Waals surface area contributed by atoms with E-state index in [0.29, 0.717) is 19.4 Å². The van der Waals surface area contributed by atoms with Gasteiger partial charge in [-0.1, -0.05) is 171 Å². The van der Waals surface area contributed by atoms with Gasteiger partial charge < -0.3 is 14.2 Å². The summed E-state index contributed by atoms with van der Waals surface area (Å²) in [5, 5.41) is 0. The predicted octanol–water partition coefficient (Wildman–Crippen LogP) is 13.4. The van der Waals surface area contributed by atoms with Gasteiger partial charge in [0.2, 0.25) is 0 Å². The first-order valence-electron chi connectivity index (χ1n) is 20.8. The van der Waals surface area contributed by atoms with Crippen molar-refractivity contribution in [1.29, 1.82) is 0 Å². The zero-order valence-electron chi connectivity index (χ0n) is 32.9. The maximum Gasteiger partial charge on any atom is 0.306 e. The third-order valence-corrected chi connectivity index (χ3v) is 8.57. The van der Waals surface area contributed by atoms with Crippen molar-refractivity contribution in [1.82, 2.24) is 0 Å². The van der Waals surface area contributed by atoms with Crippen molar-refractivity contribution < 1.29 is 23.8 Å². The van der Waals surface area contributed by atoms with Gasteiger partial charge in [-0.3, -0.25) is 9.59 Å². The van der Waals surface area contributed by atoms with E-state index in [4.69, 9.17) is 14.2 Å². The van der Waals surface area contributed by atoms with Crippen molar-refractivity contribution in [3.63, 3.8) is 0 Å². The fourth-order valence-electron chi connectivity index (χ4n) is 5.48. The molecule has 0 saturated carbocycles. The second-order valence-corrected chi connectivity index (χ2v) is 13.5. The van der Waals surface area contributed by atoms with E-state index in [-0.39, 0.29) is 25.2 Å². The molecule has 1 unspecified atom stereocenters. The maximum atomic E-state index is 12.5. The Morgan fingerprint density at radius 1 is 0.460 bits per heavy atom. The lowest BCUT2D eigenvalue weighted by Gasteiger charge is -2.18. The molecule has 0 radical (unpaired) electrons. The summed E-state index contributed by atoms with van der Waals surface area (Å²) < 4.78 is 17.1. The van der Waals surface area contributed by atoms with Crippen LogP contribution in [0, 0.1) is 0 Å². The second-order valence-electron chi connectivity index (χ2n) is 13.5. The first-order valence-corrected chi connectivity index (χ1v) is 20.8. The van der Waals surface area contributed by atoms with Crippen LogP contribution in [0.4, 0.5) is 0 Å². The van der Waals surface area contributed by atoms with Crippen LogP contribution >= 0.6 is 0 Å². The Balaban J connectivity index is 4.13. The lowest BCUT2D eigenvalue weighted by atomic mass is 10.1. The summed E-state index contributed by atoms with van der Waals surface area (Å²) in [5.74, 6) is -0.449. The molecule has 50 heavy (non-hydrogen) atoms. The van der Waals surface area contributed by atoms with Crippen molar-refractivity contribution in [2.45, 2.75) is 194 Å². The number of hydrogen-bond acceptors (Lipinski definition) is 5. The third kappa shape index (κ3) is 38.4. The molecule has 0 heterocycles. The lowest BCUT2D eigenvalue weighted by Crippen LogP contribution is -2.30. The Hall–Kier alpha value is -2.40. The highest BCUT2D eigenvalue weighted by Gasteiger charge is 2.17. The van der Waals surface area contributed by atoms with Gasteiger partial charge in [0, 0.05) is 19.4 Å². The lowest BCUT2D eigenvalue weighted by molar-refractivity contribution is -0.163. The van der Waals surface area contributed by atoms with E-state index in [1.54, 1.807) is 0 Å². The summed E-state index contributed by atoms with van der Waals surface area (Å²) in [6.45, 7) is 7.59. The van der Waals surface area contributed by atoms with Crippen LogP contribution in [0.2, 0.25) is 0 Å². The molecule has 0 aromatic rings. The minimum atomic E-state index is -0.541. The third-order valence-electron chi connectivity index (χ3n) is 8.57. The molecule has 1 atom stereocenters. The monoisotopic (exact) mass is 699 g/mol. The number of carbonyl (C=O) groups is 2. The predicted molar refractivity (Wildman–Crippen MR) is 214 cm³/mol. The van der Waals surface area contributed by atoms with E-state index >= 15 is 0 Å². The van der Waals surface area contributed by atoms with E-state index in [2.05, 4.69) is 81.5 Å². The molecule has 0 amide bonds. The van der Waals surface area contributed by atoms with E-state index < -0.39 is 6.10 Å². The van der Waals surface area contributed by atoms with Gasteiger partial charge in [-0.15, -0.1) is 0 Å². The van der Waals surface area contributed by atoms with Crippen LogP contribution in [0.15, 0.2) is 60.8 Å². The van der Waals surface area contributed by atoms with Crippen molar-refractivity contribution in [3.8, 4) is 0 Å². The number of hydrogen-bond donors (Lipinski definition) is 0. The molecule has 0 rings (SSSR count). The summed E-state index contributed by atoms with van der Waals surface area (Å²) >= 11 is 0. The summed E-state index contributed by atoms with van der Waals surface area (Å²) in [6.07, 6.45) is 49.5. The quantitative estimate of drug-likeness (QED) is 0.0367. The summed E-state index contributed by atoms with van der Waals surface area (Å²) in [6, 6.07) is 0. The van der Waals surface area contributed by atoms with Crippen LogP contribution in [-0.4, -0.2) is 37.9 Å². The highest BCUT2D eigenvalue weighted by Crippen LogP contribution is 2.12. The molecule has 0 saturated heterocycles. The molecule has 0 aliphatic heterocycles. The van der Waals surface area contributed by atoms with Crippen LogP contribution in [0.5, 0.6) is 0 Å². The molecule has 0 aromatic heterocycles. The Kier molecular flexibility index (Phi) is 39.1. The van der Waals surface area contributed by atoms with E-state index in [1.807, 2.05) is 0 Å². The van der Waals surface area contributed by atoms with Crippen LogP contribution in [0.3, 0.4) is 0 Å². The highest BCUT2D eigenvalue weighted by atomic mass is 16.6. The number of allylic oxidation sites excluding steroid dienone is 10. The molecule has 0 spiro atoms. The standard InChI is InChI=1S/C45H78O5/c1-4-7-10-13-15-17-19-20-21-22-23-24-25-26-27-28-30-33-35-38-44(46)49-42-43(50-45(47)39-36-32-12-9-6-3)41-48-40-37-34-31-29-18-16-14-11-8-5-2/h7,10,15,17,20-21,23-24,26-27,43H,4-6,8-9,11-14,16,18-19,22,25,28-42H2,1-3H3/b10-7-,17-15-,21-20-,24-23-,27-26-. The summed E-state index contributed by atoms with van der Waals surface area (Å²) in [4.78, 5) is 24.9. The highest BCUT2D eigenvalue weighted by molar-refractivity contribution is 5.70. The minimum Gasteiger partial charge on any atom is -0.462 e. The Morgan fingerprint density at radius 3 is 1.44 bits per heavy atom. The average molecular weight is 699 g/mol. The fourth-order valence-corrected chi connectivity index (χ4v) is 5.48. The number of carbonyl (C=O) groups excluding carboxylic acids is 2. The zero-order valence-corrected chi connectivity index (χ0v) is 32.9. The van der Waals surface area contributed by atoms with Crippen LogP contribution < -0.4 is 0 Å². The number of esters is 2. The van der Waals surface area contributed by atoms with Crippen LogP contribution in [0.25, 0.3) is 0 Å². The van der Waals surface area contributed by atoms with Crippen LogP contribution in [-0.2, 0) is 23.8 Å². The minimum absolute atomic E-state index is 0.0679. The van der Waals surface area contributed by atoms with E-state index in [1.165, 1.54) is 64.2 Å². The first-order chi connectivity index (χ1) is 24.6.